The van der Waals surface area contributed by atoms with Crippen molar-refractivity contribution in [1.82, 2.24) is 4.72 Å². The van der Waals surface area contributed by atoms with Crippen LogP contribution in [0.25, 0.3) is 0 Å². The summed E-state index contributed by atoms with van der Waals surface area (Å²) in [4.78, 5) is 23.8. The van der Waals surface area contributed by atoms with Crippen LogP contribution in [0.1, 0.15) is 5.56 Å². The van der Waals surface area contributed by atoms with Crippen molar-refractivity contribution in [2.45, 2.75) is 17.4 Å². The van der Waals surface area contributed by atoms with Gasteiger partial charge in [0.15, 0.2) is 0 Å². The molecule has 0 radical (unpaired) electrons. The Labute approximate surface area is 204 Å². The van der Waals surface area contributed by atoms with Crippen molar-refractivity contribution in [3.63, 3.8) is 0 Å². The summed E-state index contributed by atoms with van der Waals surface area (Å²) in [5.41, 5.74) is 0.938. The molecule has 0 bridgehead atoms. The van der Waals surface area contributed by atoms with E-state index < -0.39 is 27.9 Å². The largest absolute Gasteiger partial charge is 0.491 e. The molecule has 0 aliphatic rings. The van der Waals surface area contributed by atoms with Gasteiger partial charge in [0.2, 0.25) is 15.9 Å². The SMILES string of the molecule is O=C(O)Cc1ccc(NC(=O)C(COc2ccc(Cl)cc2)NS(=O)(=O)c2ccc(P)cc2)cc1. The Bertz CT molecular complexity index is 1250. The molecule has 178 valence electrons. The number of ether oxygens (including phenoxy) is 1. The van der Waals surface area contributed by atoms with Gasteiger partial charge in [0.05, 0.1) is 11.3 Å². The maximum atomic E-state index is 13.0. The number of sulfonamides is 1. The van der Waals surface area contributed by atoms with Gasteiger partial charge in [-0.05, 0) is 59.4 Å². The van der Waals surface area contributed by atoms with Crippen molar-refractivity contribution in [1.29, 1.82) is 0 Å². The van der Waals surface area contributed by atoms with Crippen LogP contribution in [0.15, 0.2) is 77.7 Å². The van der Waals surface area contributed by atoms with Crippen molar-refractivity contribution in [3.8, 4) is 5.75 Å². The minimum absolute atomic E-state index is 0.000941. The predicted molar refractivity (Wildman–Crippen MR) is 133 cm³/mol. The highest BCUT2D eigenvalue weighted by molar-refractivity contribution is 7.89. The van der Waals surface area contributed by atoms with E-state index in [0.717, 1.165) is 5.30 Å². The third-order valence-corrected chi connectivity index (χ3v) is 6.74. The second kappa shape index (κ2) is 11.4. The molecule has 11 heteroatoms. The van der Waals surface area contributed by atoms with Crippen LogP contribution in [-0.2, 0) is 26.0 Å². The number of hydrogen-bond donors (Lipinski definition) is 3. The third-order valence-electron chi connectivity index (χ3n) is 4.61. The van der Waals surface area contributed by atoms with E-state index in [1.54, 1.807) is 60.7 Å². The van der Waals surface area contributed by atoms with Gasteiger partial charge in [0, 0.05) is 10.7 Å². The van der Waals surface area contributed by atoms with Crippen LogP contribution in [-0.4, -0.2) is 38.0 Å². The molecule has 3 rings (SSSR count). The number of anilines is 1. The second-order valence-electron chi connectivity index (χ2n) is 7.26. The number of halogens is 1. The summed E-state index contributed by atoms with van der Waals surface area (Å²) in [7, 11) is -1.56. The summed E-state index contributed by atoms with van der Waals surface area (Å²) in [5, 5.41) is 12.8. The van der Waals surface area contributed by atoms with Crippen LogP contribution in [0.5, 0.6) is 5.75 Å². The lowest BCUT2D eigenvalue weighted by atomic mass is 10.1. The molecule has 2 unspecified atom stereocenters. The Morgan fingerprint density at radius 3 is 2.18 bits per heavy atom. The Morgan fingerprint density at radius 2 is 1.59 bits per heavy atom. The van der Waals surface area contributed by atoms with E-state index in [9.17, 15) is 18.0 Å². The number of carbonyl (C=O) groups excluding carboxylic acids is 1. The Hall–Kier alpha value is -2.97. The van der Waals surface area contributed by atoms with Crippen molar-refractivity contribution in [2.24, 2.45) is 0 Å². The molecule has 0 saturated heterocycles. The summed E-state index contributed by atoms with van der Waals surface area (Å²) in [6.45, 7) is -0.286. The van der Waals surface area contributed by atoms with Gasteiger partial charge in [-0.3, -0.25) is 9.59 Å². The number of nitrogens with one attached hydrogen (secondary N) is 2. The molecule has 3 aromatic carbocycles. The fourth-order valence-corrected chi connectivity index (χ4v) is 4.38. The fraction of sp³-hybridized carbons (Fsp3) is 0.130. The van der Waals surface area contributed by atoms with Crippen LogP contribution >= 0.6 is 20.8 Å². The predicted octanol–water partition coefficient (Wildman–Crippen LogP) is 2.83. The quantitative estimate of drug-likeness (QED) is 0.353. The molecule has 0 saturated carbocycles. The molecular weight excluding hydrogens is 499 g/mol. The lowest BCUT2D eigenvalue weighted by molar-refractivity contribution is -0.136. The highest BCUT2D eigenvalue weighted by Gasteiger charge is 2.27. The van der Waals surface area contributed by atoms with Crippen molar-refractivity contribution >= 4 is 53.7 Å². The smallest absolute Gasteiger partial charge is 0.307 e. The van der Waals surface area contributed by atoms with Crippen molar-refractivity contribution < 1.29 is 27.9 Å². The molecule has 0 aromatic heterocycles. The number of benzene rings is 3. The number of rotatable bonds is 10. The molecular formula is C23H22ClN2O6PS. The van der Waals surface area contributed by atoms with Crippen molar-refractivity contribution in [2.75, 3.05) is 11.9 Å². The first kappa shape index (κ1) is 25.6. The molecule has 1 amide bonds. The number of carboxylic acids is 1. The molecule has 3 N–H and O–H groups in total. The molecule has 0 spiro atoms. The zero-order valence-electron chi connectivity index (χ0n) is 17.8. The fourth-order valence-electron chi connectivity index (χ4n) is 2.89. The van der Waals surface area contributed by atoms with Gasteiger partial charge in [-0.1, -0.05) is 35.9 Å². The van der Waals surface area contributed by atoms with Crippen LogP contribution in [0.3, 0.4) is 0 Å². The number of amides is 1. The van der Waals surface area contributed by atoms with E-state index in [1.165, 1.54) is 12.1 Å². The lowest BCUT2D eigenvalue weighted by Crippen LogP contribution is -2.47. The Kier molecular flexibility index (Phi) is 8.63. The first-order valence-electron chi connectivity index (χ1n) is 10.0. The summed E-state index contributed by atoms with van der Waals surface area (Å²) in [6, 6.07) is 17.5. The first-order valence-corrected chi connectivity index (χ1v) is 12.4. The summed E-state index contributed by atoms with van der Waals surface area (Å²) < 4.78 is 33.8. The van der Waals surface area contributed by atoms with Gasteiger partial charge >= 0.3 is 5.97 Å². The second-order valence-corrected chi connectivity index (χ2v) is 10.1. The van der Waals surface area contributed by atoms with Crippen LogP contribution < -0.4 is 20.1 Å². The standard InChI is InChI=1S/C23H22ClN2O6PS/c24-16-3-7-18(8-4-16)32-14-21(26-34(30,31)20-11-9-19(33)10-12-20)23(29)25-17-5-1-15(2-6-17)13-22(27)28/h1-12,21,26H,13-14,33H2,(H,25,29)(H,27,28). The van der Waals surface area contributed by atoms with Gasteiger partial charge < -0.3 is 15.2 Å². The monoisotopic (exact) mass is 520 g/mol. The van der Waals surface area contributed by atoms with E-state index >= 15 is 0 Å². The molecule has 34 heavy (non-hydrogen) atoms. The maximum absolute atomic E-state index is 13.0. The van der Waals surface area contributed by atoms with Crippen LogP contribution in [0, 0.1) is 0 Å². The van der Waals surface area contributed by atoms with Gasteiger partial charge in [-0.2, -0.15) is 4.72 Å². The third kappa shape index (κ3) is 7.53. The zero-order chi connectivity index (χ0) is 24.7. The number of carbonyl (C=O) groups is 2. The first-order chi connectivity index (χ1) is 16.1. The van der Waals surface area contributed by atoms with E-state index in [1.807, 2.05) is 0 Å². The van der Waals surface area contributed by atoms with Crippen molar-refractivity contribution in [3.05, 3.63) is 83.4 Å². The molecule has 0 heterocycles. The summed E-state index contributed by atoms with van der Waals surface area (Å²) >= 11 is 5.87. The molecule has 8 nitrogen and oxygen atoms in total. The van der Waals surface area contributed by atoms with E-state index in [-0.39, 0.29) is 17.9 Å². The van der Waals surface area contributed by atoms with Gasteiger partial charge in [0.25, 0.3) is 0 Å². The topological polar surface area (TPSA) is 122 Å². The van der Waals surface area contributed by atoms with Gasteiger partial charge in [-0.25, -0.2) is 8.42 Å². The molecule has 0 aliphatic carbocycles. The van der Waals surface area contributed by atoms with E-state index in [2.05, 4.69) is 19.3 Å². The van der Waals surface area contributed by atoms with Crippen LogP contribution in [0.2, 0.25) is 5.02 Å². The highest BCUT2D eigenvalue weighted by atomic mass is 35.5. The van der Waals surface area contributed by atoms with E-state index in [4.69, 9.17) is 21.4 Å². The van der Waals surface area contributed by atoms with Gasteiger partial charge in [0.1, 0.15) is 18.4 Å². The normalized spacial score (nSPS) is 12.1. The highest BCUT2D eigenvalue weighted by Crippen LogP contribution is 2.17. The maximum Gasteiger partial charge on any atom is 0.307 e. The number of carboxylic acid groups (broad SMARTS) is 1. The Balaban J connectivity index is 1.78. The number of hydrogen-bond acceptors (Lipinski definition) is 5. The van der Waals surface area contributed by atoms with Gasteiger partial charge in [-0.15, -0.1) is 9.24 Å². The summed E-state index contributed by atoms with van der Waals surface area (Å²) in [5.74, 6) is -1.21. The van der Waals surface area contributed by atoms with E-state index in [0.29, 0.717) is 22.0 Å². The average molecular weight is 521 g/mol. The zero-order valence-corrected chi connectivity index (χ0v) is 20.5. The lowest BCUT2D eigenvalue weighted by Gasteiger charge is -2.19. The molecule has 0 aliphatic heterocycles. The average Bonchev–Trinajstić information content (AvgIpc) is 2.79. The minimum Gasteiger partial charge on any atom is -0.491 e. The van der Waals surface area contributed by atoms with Crippen LogP contribution in [0.4, 0.5) is 5.69 Å². The number of aliphatic carboxylic acids is 1. The molecule has 0 fully saturated rings. The molecule has 3 aromatic rings. The summed E-state index contributed by atoms with van der Waals surface area (Å²) in [6.07, 6.45) is -0.152. The Morgan fingerprint density at radius 1 is 0.971 bits per heavy atom. The molecule has 2 atom stereocenters. The minimum atomic E-state index is -4.03.